The molecule has 0 aliphatic carbocycles. The van der Waals surface area contributed by atoms with Gasteiger partial charge in [0.2, 0.25) is 5.91 Å². The second-order valence-electron chi connectivity index (χ2n) is 5.64. The maximum Gasteiger partial charge on any atom is 0.407 e. The summed E-state index contributed by atoms with van der Waals surface area (Å²) in [6.45, 7) is 7.38. The van der Waals surface area contributed by atoms with E-state index >= 15 is 0 Å². The summed E-state index contributed by atoms with van der Waals surface area (Å²) in [5.74, 6) is -0.198. The van der Waals surface area contributed by atoms with Crippen LogP contribution in [0, 0.1) is 6.92 Å². The number of hydrogen-bond donors (Lipinski definition) is 2. The quantitative estimate of drug-likeness (QED) is 0.894. The number of halogens is 1. The number of anilines is 1. The van der Waals surface area contributed by atoms with E-state index in [0.29, 0.717) is 10.7 Å². The molecule has 0 fully saturated rings. The van der Waals surface area contributed by atoms with Crippen LogP contribution in [-0.2, 0) is 9.53 Å². The molecule has 0 spiro atoms. The van der Waals surface area contributed by atoms with Crippen molar-refractivity contribution in [2.24, 2.45) is 0 Å². The largest absolute Gasteiger partial charge is 0.444 e. The Kier molecular flexibility index (Phi) is 6.03. The molecule has 0 atom stereocenters. The van der Waals surface area contributed by atoms with Gasteiger partial charge in [0.1, 0.15) is 5.60 Å². The summed E-state index contributed by atoms with van der Waals surface area (Å²) in [5, 5.41) is 5.89. The molecule has 6 heteroatoms. The number of nitrogens with one attached hydrogen (secondary N) is 2. The molecular formula is C15H21ClN2O3. The predicted octanol–water partition coefficient (Wildman–Crippen LogP) is 3.50. The van der Waals surface area contributed by atoms with E-state index in [1.165, 1.54) is 0 Å². The number of amides is 2. The van der Waals surface area contributed by atoms with Crippen LogP contribution < -0.4 is 10.6 Å². The Bertz CT molecular complexity index is 524. The molecule has 0 bridgehead atoms. The summed E-state index contributed by atoms with van der Waals surface area (Å²) in [4.78, 5) is 23.2. The van der Waals surface area contributed by atoms with Crippen LogP contribution in [0.25, 0.3) is 0 Å². The third-order valence-electron chi connectivity index (χ3n) is 2.56. The monoisotopic (exact) mass is 312 g/mol. The zero-order chi connectivity index (χ0) is 16.0. The van der Waals surface area contributed by atoms with Crippen molar-refractivity contribution >= 4 is 29.3 Å². The fourth-order valence-electron chi connectivity index (χ4n) is 1.55. The molecule has 1 aromatic rings. The number of hydrogen-bond acceptors (Lipinski definition) is 3. The molecule has 116 valence electrons. The zero-order valence-electron chi connectivity index (χ0n) is 12.7. The van der Waals surface area contributed by atoms with Crippen LogP contribution >= 0.6 is 11.6 Å². The molecule has 0 aromatic heterocycles. The van der Waals surface area contributed by atoms with Crippen LogP contribution in [0.15, 0.2) is 18.2 Å². The number of alkyl carbamates (subject to hydrolysis) is 1. The average molecular weight is 313 g/mol. The van der Waals surface area contributed by atoms with Gasteiger partial charge in [0.25, 0.3) is 0 Å². The molecule has 0 unspecified atom stereocenters. The predicted molar refractivity (Wildman–Crippen MR) is 83.7 cm³/mol. The van der Waals surface area contributed by atoms with Crippen LogP contribution in [0.5, 0.6) is 0 Å². The first-order valence-corrected chi connectivity index (χ1v) is 7.08. The lowest BCUT2D eigenvalue weighted by molar-refractivity contribution is -0.116. The van der Waals surface area contributed by atoms with Gasteiger partial charge in [-0.05, 0) is 45.4 Å². The smallest absolute Gasteiger partial charge is 0.407 e. The molecule has 21 heavy (non-hydrogen) atoms. The Labute approximate surface area is 130 Å². The topological polar surface area (TPSA) is 67.4 Å². The number of benzene rings is 1. The van der Waals surface area contributed by atoms with Crippen LogP contribution in [0.1, 0.15) is 32.8 Å². The lowest BCUT2D eigenvalue weighted by atomic mass is 10.2. The third kappa shape index (κ3) is 6.49. The molecule has 5 nitrogen and oxygen atoms in total. The maximum atomic E-state index is 11.8. The Morgan fingerprint density at radius 3 is 2.57 bits per heavy atom. The number of carbonyl (C=O) groups is 2. The normalized spacial score (nSPS) is 10.9. The highest BCUT2D eigenvalue weighted by atomic mass is 35.5. The highest BCUT2D eigenvalue weighted by Crippen LogP contribution is 2.22. The van der Waals surface area contributed by atoms with Crippen molar-refractivity contribution in [2.75, 3.05) is 11.9 Å². The third-order valence-corrected chi connectivity index (χ3v) is 2.97. The van der Waals surface area contributed by atoms with E-state index in [1.54, 1.807) is 39.0 Å². The summed E-state index contributed by atoms with van der Waals surface area (Å²) >= 11 is 5.98. The van der Waals surface area contributed by atoms with Gasteiger partial charge in [-0.3, -0.25) is 4.79 Å². The minimum absolute atomic E-state index is 0.158. The molecule has 2 N–H and O–H groups in total. The van der Waals surface area contributed by atoms with E-state index in [0.717, 1.165) is 5.56 Å². The fourth-order valence-corrected chi connectivity index (χ4v) is 1.72. The maximum absolute atomic E-state index is 11.8. The second kappa shape index (κ2) is 7.31. The van der Waals surface area contributed by atoms with Crippen molar-refractivity contribution in [2.45, 2.75) is 39.7 Å². The van der Waals surface area contributed by atoms with E-state index in [2.05, 4.69) is 10.6 Å². The summed E-state index contributed by atoms with van der Waals surface area (Å²) in [7, 11) is 0. The van der Waals surface area contributed by atoms with Gasteiger partial charge in [-0.1, -0.05) is 17.7 Å². The summed E-state index contributed by atoms with van der Waals surface area (Å²) in [5.41, 5.74) is 0.932. The number of ether oxygens (including phenoxy) is 1. The molecule has 0 heterocycles. The van der Waals surface area contributed by atoms with Gasteiger partial charge in [0.15, 0.2) is 0 Å². The van der Waals surface area contributed by atoms with Gasteiger partial charge in [0, 0.05) is 23.7 Å². The molecule has 0 aliphatic rings. The molecule has 1 rings (SSSR count). The van der Waals surface area contributed by atoms with Gasteiger partial charge in [-0.2, -0.15) is 0 Å². The van der Waals surface area contributed by atoms with E-state index in [9.17, 15) is 9.59 Å². The molecule has 0 saturated heterocycles. The number of carbonyl (C=O) groups excluding carboxylic acids is 2. The standard InChI is InChI=1S/C15H21ClN2O3/c1-10-11(16)6-5-7-12(10)18-13(19)8-9-17-14(20)21-15(2,3)4/h5-7H,8-9H2,1-4H3,(H,17,20)(H,18,19). The molecule has 1 aromatic carbocycles. The van der Waals surface area contributed by atoms with Crippen molar-refractivity contribution in [3.8, 4) is 0 Å². The minimum atomic E-state index is -0.551. The van der Waals surface area contributed by atoms with Crippen LogP contribution in [0.4, 0.5) is 10.5 Å². The van der Waals surface area contributed by atoms with Gasteiger partial charge in [-0.25, -0.2) is 4.79 Å². The van der Waals surface area contributed by atoms with Gasteiger partial charge in [0.05, 0.1) is 0 Å². The molecule has 0 radical (unpaired) electrons. The van der Waals surface area contributed by atoms with Crippen LogP contribution in [0.3, 0.4) is 0 Å². The van der Waals surface area contributed by atoms with E-state index < -0.39 is 11.7 Å². The molecule has 2 amide bonds. The fraction of sp³-hybridized carbons (Fsp3) is 0.467. The van der Waals surface area contributed by atoms with Crippen molar-refractivity contribution in [1.29, 1.82) is 0 Å². The van der Waals surface area contributed by atoms with E-state index in [-0.39, 0.29) is 18.9 Å². The molecular weight excluding hydrogens is 292 g/mol. The van der Waals surface area contributed by atoms with E-state index in [1.807, 2.05) is 6.92 Å². The zero-order valence-corrected chi connectivity index (χ0v) is 13.5. The number of rotatable bonds is 4. The van der Waals surface area contributed by atoms with Gasteiger partial charge >= 0.3 is 6.09 Å². The lowest BCUT2D eigenvalue weighted by Gasteiger charge is -2.19. The lowest BCUT2D eigenvalue weighted by Crippen LogP contribution is -2.34. The van der Waals surface area contributed by atoms with Gasteiger partial charge in [-0.15, -0.1) is 0 Å². The molecule has 0 saturated carbocycles. The first-order chi connectivity index (χ1) is 9.69. The van der Waals surface area contributed by atoms with Crippen molar-refractivity contribution < 1.29 is 14.3 Å². The van der Waals surface area contributed by atoms with Gasteiger partial charge < -0.3 is 15.4 Å². The Hall–Kier alpha value is -1.75. The van der Waals surface area contributed by atoms with Crippen molar-refractivity contribution in [1.82, 2.24) is 5.32 Å². The highest BCUT2D eigenvalue weighted by molar-refractivity contribution is 6.31. The Balaban J connectivity index is 2.38. The molecule has 0 aliphatic heterocycles. The second-order valence-corrected chi connectivity index (χ2v) is 6.05. The van der Waals surface area contributed by atoms with Crippen molar-refractivity contribution in [3.05, 3.63) is 28.8 Å². The van der Waals surface area contributed by atoms with Crippen LogP contribution in [-0.4, -0.2) is 24.1 Å². The van der Waals surface area contributed by atoms with Crippen LogP contribution in [0.2, 0.25) is 5.02 Å². The first-order valence-electron chi connectivity index (χ1n) is 6.71. The SMILES string of the molecule is Cc1c(Cl)cccc1NC(=O)CCNC(=O)OC(C)(C)C. The highest BCUT2D eigenvalue weighted by Gasteiger charge is 2.16. The average Bonchev–Trinajstić information content (AvgIpc) is 2.32. The summed E-state index contributed by atoms with van der Waals surface area (Å²) in [6.07, 6.45) is -0.375. The Morgan fingerprint density at radius 1 is 1.29 bits per heavy atom. The summed E-state index contributed by atoms with van der Waals surface area (Å²) in [6, 6.07) is 5.31. The minimum Gasteiger partial charge on any atom is -0.444 e. The first kappa shape index (κ1) is 17.3. The van der Waals surface area contributed by atoms with Crippen molar-refractivity contribution in [3.63, 3.8) is 0 Å². The van der Waals surface area contributed by atoms with E-state index in [4.69, 9.17) is 16.3 Å². The summed E-state index contributed by atoms with van der Waals surface area (Å²) < 4.78 is 5.07. The Morgan fingerprint density at radius 2 is 1.95 bits per heavy atom.